The Morgan fingerprint density at radius 1 is 0.500 bits per heavy atom. The van der Waals surface area contributed by atoms with Crippen LogP contribution in [0, 0.1) is 0 Å². The first-order valence-electron chi connectivity index (χ1n) is 7.72. The molecule has 3 aromatic rings. The zero-order chi connectivity index (χ0) is 16.5. The maximum atomic E-state index is 7.69. The summed E-state index contributed by atoms with van der Waals surface area (Å²) in [6.07, 6.45) is 0. The van der Waals surface area contributed by atoms with Crippen LogP contribution < -0.4 is 22.1 Å². The van der Waals surface area contributed by atoms with Gasteiger partial charge in [-0.2, -0.15) is 0 Å². The van der Waals surface area contributed by atoms with E-state index >= 15 is 0 Å². The fourth-order valence-electron chi connectivity index (χ4n) is 2.80. The highest BCUT2D eigenvalue weighted by molar-refractivity contribution is 6.05. The van der Waals surface area contributed by atoms with Crippen molar-refractivity contribution in [2.75, 3.05) is 10.6 Å². The van der Waals surface area contributed by atoms with Gasteiger partial charge in [-0.05, 0) is 36.4 Å². The van der Waals surface area contributed by atoms with Gasteiger partial charge in [-0.3, -0.25) is 0 Å². The minimum Gasteiger partial charge on any atom is -0.352 e. The van der Waals surface area contributed by atoms with Crippen molar-refractivity contribution in [2.45, 2.75) is 0 Å². The van der Waals surface area contributed by atoms with Crippen molar-refractivity contribution in [2.24, 2.45) is 0 Å². The molecular formula is C20H16N4. The van der Waals surface area contributed by atoms with Gasteiger partial charge >= 0.3 is 0 Å². The molecule has 2 radical (unpaired) electrons. The molecule has 0 aliphatic carbocycles. The minimum atomic E-state index is 0.489. The highest BCUT2D eigenvalue weighted by Gasteiger charge is 2.19. The molecule has 0 fully saturated rings. The van der Waals surface area contributed by atoms with E-state index in [0.717, 1.165) is 33.9 Å². The molecule has 1 aliphatic rings. The van der Waals surface area contributed by atoms with Gasteiger partial charge in [-0.25, -0.2) is 0 Å². The molecule has 0 bridgehead atoms. The third-order valence-electron chi connectivity index (χ3n) is 4.04. The average molecular weight is 312 g/mol. The molecule has 0 spiro atoms. The molecule has 4 rings (SSSR count). The fourth-order valence-corrected chi connectivity index (χ4v) is 2.80. The molecule has 0 aromatic heterocycles. The Morgan fingerprint density at radius 3 is 1.25 bits per heavy atom. The van der Waals surface area contributed by atoms with Crippen LogP contribution in [0.5, 0.6) is 0 Å². The molecule has 0 atom stereocenters. The Balaban J connectivity index is 1.87. The van der Waals surface area contributed by atoms with Crippen LogP contribution in [-0.2, 0) is 0 Å². The van der Waals surface area contributed by atoms with E-state index in [1.807, 2.05) is 48.5 Å². The predicted molar refractivity (Wildman–Crippen MR) is 98.9 cm³/mol. The Bertz CT molecular complexity index is 833. The summed E-state index contributed by atoms with van der Waals surface area (Å²) in [5.74, 6) is 0. The first-order chi connectivity index (χ1) is 11.7. The second kappa shape index (κ2) is 5.66. The molecule has 0 saturated carbocycles. The highest BCUT2D eigenvalue weighted by atomic mass is 15.0. The van der Waals surface area contributed by atoms with Crippen LogP contribution >= 0.6 is 0 Å². The van der Waals surface area contributed by atoms with Gasteiger partial charge in [0.2, 0.25) is 0 Å². The van der Waals surface area contributed by atoms with E-state index in [-0.39, 0.29) is 0 Å². The van der Waals surface area contributed by atoms with Crippen molar-refractivity contribution in [3.63, 3.8) is 0 Å². The number of benzene rings is 3. The van der Waals surface area contributed by atoms with Gasteiger partial charge in [0.05, 0.1) is 34.1 Å². The van der Waals surface area contributed by atoms with E-state index < -0.39 is 0 Å². The van der Waals surface area contributed by atoms with Gasteiger partial charge in [-0.1, -0.05) is 36.4 Å². The van der Waals surface area contributed by atoms with Crippen molar-refractivity contribution in [3.05, 3.63) is 83.9 Å². The summed E-state index contributed by atoms with van der Waals surface area (Å²) in [6, 6.07) is 23.0. The third-order valence-corrected chi connectivity index (χ3v) is 4.04. The Morgan fingerprint density at radius 2 is 0.875 bits per heavy atom. The first-order valence-corrected chi connectivity index (χ1v) is 7.72. The second-order valence-corrected chi connectivity index (χ2v) is 5.70. The van der Waals surface area contributed by atoms with Crippen LogP contribution in [0.4, 0.5) is 22.7 Å². The lowest BCUT2D eigenvalue weighted by molar-refractivity contribution is 1.41. The maximum absolute atomic E-state index is 7.69. The average Bonchev–Trinajstić information content (AvgIpc) is 2.62. The fraction of sp³-hybridized carbons (Fsp3) is 0. The van der Waals surface area contributed by atoms with E-state index in [1.165, 1.54) is 0 Å². The lowest BCUT2D eigenvalue weighted by Gasteiger charge is -2.27. The smallest absolute Gasteiger partial charge is 0.0703 e. The van der Waals surface area contributed by atoms with E-state index in [0.29, 0.717) is 11.4 Å². The van der Waals surface area contributed by atoms with Gasteiger partial charge in [0.25, 0.3) is 0 Å². The molecule has 4 N–H and O–H groups in total. The normalized spacial score (nSPS) is 13.0. The van der Waals surface area contributed by atoms with Crippen molar-refractivity contribution in [3.8, 4) is 0 Å². The number of hydrogen-bond acceptors (Lipinski definition) is 2. The standard InChI is InChI=1S/C20H16N4/c21-15-9-5-13(6-10-15)19-20(14-7-11-16(22)12-8-14)24-18-4-2-1-3-17(18)23-19/h1-12,21-24H. The lowest BCUT2D eigenvalue weighted by atomic mass is 10.0. The van der Waals surface area contributed by atoms with E-state index in [2.05, 4.69) is 10.6 Å². The highest BCUT2D eigenvalue weighted by Crippen LogP contribution is 2.37. The van der Waals surface area contributed by atoms with Gasteiger partial charge in [0.15, 0.2) is 0 Å². The third kappa shape index (κ3) is 2.54. The Labute approximate surface area is 140 Å². The van der Waals surface area contributed by atoms with Gasteiger partial charge in [-0.15, -0.1) is 0 Å². The first kappa shape index (κ1) is 14.2. The van der Waals surface area contributed by atoms with Crippen LogP contribution in [0.15, 0.2) is 72.8 Å². The summed E-state index contributed by atoms with van der Waals surface area (Å²) in [5, 5.41) is 7.01. The molecule has 0 unspecified atom stereocenters. The number of rotatable bonds is 2. The van der Waals surface area contributed by atoms with Crippen LogP contribution in [0.2, 0.25) is 0 Å². The topological polar surface area (TPSA) is 71.7 Å². The van der Waals surface area contributed by atoms with Crippen molar-refractivity contribution >= 4 is 34.1 Å². The summed E-state index contributed by atoms with van der Waals surface area (Å²) in [6.45, 7) is 0. The Kier molecular flexibility index (Phi) is 3.35. The largest absolute Gasteiger partial charge is 0.352 e. The predicted octanol–water partition coefficient (Wildman–Crippen LogP) is 4.88. The molecule has 4 heteroatoms. The quantitative estimate of drug-likeness (QED) is 0.708. The zero-order valence-corrected chi connectivity index (χ0v) is 12.9. The molecule has 0 saturated heterocycles. The maximum Gasteiger partial charge on any atom is 0.0703 e. The zero-order valence-electron chi connectivity index (χ0n) is 12.9. The molecule has 1 aliphatic heterocycles. The van der Waals surface area contributed by atoms with Gasteiger partial charge in [0.1, 0.15) is 0 Å². The van der Waals surface area contributed by atoms with Gasteiger partial charge < -0.3 is 22.1 Å². The van der Waals surface area contributed by atoms with E-state index in [1.54, 1.807) is 24.3 Å². The monoisotopic (exact) mass is 312 g/mol. The number of para-hydroxylation sites is 2. The molecular weight excluding hydrogens is 296 g/mol. The summed E-state index contributed by atoms with van der Waals surface area (Å²) in [4.78, 5) is 0. The second-order valence-electron chi connectivity index (χ2n) is 5.70. The SMILES string of the molecule is [NH]c1ccc(C2=C(c3ccc([NH])cc3)Nc3ccccc3N2)cc1. The number of nitrogens with one attached hydrogen (secondary N) is 4. The minimum absolute atomic E-state index is 0.489. The molecule has 24 heavy (non-hydrogen) atoms. The molecule has 3 aromatic carbocycles. The number of fused-ring (bicyclic) bond motifs is 1. The van der Waals surface area contributed by atoms with Crippen molar-refractivity contribution in [1.82, 2.24) is 11.5 Å². The van der Waals surface area contributed by atoms with Crippen LogP contribution in [0.3, 0.4) is 0 Å². The van der Waals surface area contributed by atoms with E-state index in [9.17, 15) is 0 Å². The summed E-state index contributed by atoms with van der Waals surface area (Å²) in [5.41, 5.74) is 22.3. The van der Waals surface area contributed by atoms with Crippen molar-refractivity contribution in [1.29, 1.82) is 0 Å². The lowest BCUT2D eigenvalue weighted by Crippen LogP contribution is -2.15. The molecule has 0 amide bonds. The van der Waals surface area contributed by atoms with Crippen LogP contribution in [-0.4, -0.2) is 0 Å². The molecule has 116 valence electrons. The van der Waals surface area contributed by atoms with Crippen molar-refractivity contribution < 1.29 is 0 Å². The van der Waals surface area contributed by atoms with Crippen LogP contribution in [0.1, 0.15) is 11.1 Å². The number of anilines is 2. The molecule has 4 nitrogen and oxygen atoms in total. The molecule has 1 heterocycles. The van der Waals surface area contributed by atoms with E-state index in [4.69, 9.17) is 11.5 Å². The summed E-state index contributed by atoms with van der Waals surface area (Å²) >= 11 is 0. The summed E-state index contributed by atoms with van der Waals surface area (Å²) < 4.78 is 0. The Hall–Kier alpha value is -3.40. The number of hydrogen-bond donors (Lipinski definition) is 2. The van der Waals surface area contributed by atoms with Crippen LogP contribution in [0.25, 0.3) is 11.4 Å². The van der Waals surface area contributed by atoms with Gasteiger partial charge in [0, 0.05) is 11.1 Å². The summed E-state index contributed by atoms with van der Waals surface area (Å²) in [7, 11) is 0.